The maximum absolute atomic E-state index is 11.9. The molecule has 6 nitrogen and oxygen atoms in total. The minimum Gasteiger partial charge on any atom is -0.340 e. The van der Waals surface area contributed by atoms with Gasteiger partial charge in [0.15, 0.2) is 0 Å². The zero-order valence-corrected chi connectivity index (χ0v) is 10.0. The van der Waals surface area contributed by atoms with Crippen molar-refractivity contribution in [1.29, 1.82) is 0 Å². The largest absolute Gasteiger partial charge is 0.340 e. The minimum absolute atomic E-state index is 0.0716. The zero-order chi connectivity index (χ0) is 13.1. The fourth-order valence-corrected chi connectivity index (χ4v) is 1.83. The number of nitrogens with zero attached hydrogens (tertiary/aromatic N) is 1. The summed E-state index contributed by atoms with van der Waals surface area (Å²) in [4.78, 5) is 38.0. The van der Waals surface area contributed by atoms with Crippen LogP contribution in [0.15, 0.2) is 18.3 Å². The van der Waals surface area contributed by atoms with E-state index in [9.17, 15) is 14.4 Å². The molecule has 0 bridgehead atoms. The summed E-state index contributed by atoms with van der Waals surface area (Å²) in [6.07, 6.45) is 1.96. The molecule has 1 aromatic rings. The number of carbonyl (C=O) groups excluding carboxylic acids is 3. The second-order valence-electron chi connectivity index (χ2n) is 3.82. The average Bonchev–Trinajstić information content (AvgIpc) is 2.33. The van der Waals surface area contributed by atoms with Crippen LogP contribution in [-0.2, 0) is 9.59 Å². The SMILES string of the molecule is O=C1CCC(NC(=O)c2cccnc2Cl)C(=O)N1. The Morgan fingerprint density at radius 1 is 1.50 bits per heavy atom. The molecule has 0 radical (unpaired) electrons. The third-order valence-corrected chi connectivity index (χ3v) is 2.85. The van der Waals surface area contributed by atoms with Gasteiger partial charge in [0.05, 0.1) is 5.56 Å². The lowest BCUT2D eigenvalue weighted by Gasteiger charge is -2.21. The summed E-state index contributed by atoms with van der Waals surface area (Å²) in [5.41, 5.74) is 0.198. The molecule has 1 aliphatic heterocycles. The monoisotopic (exact) mass is 267 g/mol. The molecule has 1 atom stereocenters. The maximum Gasteiger partial charge on any atom is 0.255 e. The Kier molecular flexibility index (Phi) is 3.57. The molecule has 2 heterocycles. The molecule has 2 N–H and O–H groups in total. The van der Waals surface area contributed by atoms with Gasteiger partial charge in [0.25, 0.3) is 5.91 Å². The lowest BCUT2D eigenvalue weighted by atomic mass is 10.1. The van der Waals surface area contributed by atoms with Crippen molar-refractivity contribution in [3.05, 3.63) is 29.0 Å². The van der Waals surface area contributed by atoms with Crippen LogP contribution in [0.4, 0.5) is 0 Å². The fourth-order valence-electron chi connectivity index (χ4n) is 1.62. The molecule has 0 aliphatic carbocycles. The third-order valence-electron chi connectivity index (χ3n) is 2.55. The molecule has 0 spiro atoms. The number of amides is 3. The van der Waals surface area contributed by atoms with E-state index in [0.29, 0.717) is 0 Å². The van der Waals surface area contributed by atoms with Crippen molar-refractivity contribution in [3.63, 3.8) is 0 Å². The molecule has 2 rings (SSSR count). The topological polar surface area (TPSA) is 88.2 Å². The summed E-state index contributed by atoms with van der Waals surface area (Å²) < 4.78 is 0. The lowest BCUT2D eigenvalue weighted by molar-refractivity contribution is -0.134. The Hall–Kier alpha value is -1.95. The molecule has 3 amide bonds. The van der Waals surface area contributed by atoms with Crippen molar-refractivity contribution >= 4 is 29.3 Å². The normalized spacial score (nSPS) is 19.3. The summed E-state index contributed by atoms with van der Waals surface area (Å²) in [6.45, 7) is 0. The Bertz CT molecular complexity index is 518. The number of piperidine rings is 1. The van der Waals surface area contributed by atoms with E-state index in [4.69, 9.17) is 11.6 Å². The smallest absolute Gasteiger partial charge is 0.255 e. The van der Waals surface area contributed by atoms with Crippen molar-refractivity contribution in [1.82, 2.24) is 15.6 Å². The molecule has 1 fully saturated rings. The Labute approximate surface area is 108 Å². The predicted octanol–water partition coefficient (Wildman–Crippen LogP) is 0.270. The first-order chi connectivity index (χ1) is 8.58. The number of hydrogen-bond donors (Lipinski definition) is 2. The molecule has 1 unspecified atom stereocenters. The van der Waals surface area contributed by atoms with Gasteiger partial charge in [-0.15, -0.1) is 0 Å². The van der Waals surface area contributed by atoms with Gasteiger partial charge in [-0.3, -0.25) is 19.7 Å². The van der Waals surface area contributed by atoms with Crippen molar-refractivity contribution in [2.45, 2.75) is 18.9 Å². The second-order valence-corrected chi connectivity index (χ2v) is 4.18. The van der Waals surface area contributed by atoms with Crippen molar-refractivity contribution in [2.75, 3.05) is 0 Å². The van der Waals surface area contributed by atoms with Crippen LogP contribution in [0.25, 0.3) is 0 Å². The third kappa shape index (κ3) is 2.65. The van der Waals surface area contributed by atoms with E-state index in [1.807, 2.05) is 0 Å². The van der Waals surface area contributed by atoms with Crippen molar-refractivity contribution in [2.24, 2.45) is 0 Å². The second kappa shape index (κ2) is 5.14. The molecule has 18 heavy (non-hydrogen) atoms. The highest BCUT2D eigenvalue weighted by Crippen LogP contribution is 2.12. The van der Waals surface area contributed by atoms with Gasteiger partial charge in [-0.25, -0.2) is 4.98 Å². The number of hydrogen-bond acceptors (Lipinski definition) is 4. The van der Waals surface area contributed by atoms with Crippen LogP contribution in [-0.4, -0.2) is 28.7 Å². The van der Waals surface area contributed by atoms with Gasteiger partial charge in [-0.05, 0) is 18.6 Å². The molecular formula is C11H10ClN3O3. The average molecular weight is 268 g/mol. The van der Waals surface area contributed by atoms with Gasteiger partial charge in [-0.2, -0.15) is 0 Å². The quantitative estimate of drug-likeness (QED) is 0.595. The van der Waals surface area contributed by atoms with Crippen LogP contribution in [0.3, 0.4) is 0 Å². The molecule has 94 valence electrons. The summed E-state index contributed by atoms with van der Waals surface area (Å²) in [5.74, 6) is -1.31. The van der Waals surface area contributed by atoms with E-state index < -0.39 is 17.9 Å². The van der Waals surface area contributed by atoms with Gasteiger partial charge in [0.1, 0.15) is 11.2 Å². The predicted molar refractivity (Wildman–Crippen MR) is 62.9 cm³/mol. The van der Waals surface area contributed by atoms with E-state index in [2.05, 4.69) is 15.6 Å². The number of pyridine rings is 1. The fraction of sp³-hybridized carbons (Fsp3) is 0.273. The highest BCUT2D eigenvalue weighted by Gasteiger charge is 2.28. The number of imide groups is 1. The summed E-state index contributed by atoms with van der Waals surface area (Å²) in [5, 5.41) is 4.75. The highest BCUT2D eigenvalue weighted by molar-refractivity contribution is 6.32. The number of carbonyl (C=O) groups is 3. The maximum atomic E-state index is 11.9. The van der Waals surface area contributed by atoms with E-state index >= 15 is 0 Å². The standard InChI is InChI=1S/C11H10ClN3O3/c12-9-6(2-1-5-13-9)10(17)14-7-3-4-8(16)15-11(7)18/h1-2,5,7H,3-4H2,(H,14,17)(H,15,16,18). The highest BCUT2D eigenvalue weighted by atomic mass is 35.5. The first-order valence-corrected chi connectivity index (χ1v) is 5.71. The summed E-state index contributed by atoms with van der Waals surface area (Å²) in [6, 6.07) is 2.37. The van der Waals surface area contributed by atoms with Gasteiger partial charge in [0, 0.05) is 12.6 Å². The molecular weight excluding hydrogens is 258 g/mol. The number of rotatable bonds is 2. The van der Waals surface area contributed by atoms with Crippen molar-refractivity contribution in [3.8, 4) is 0 Å². The Balaban J connectivity index is 2.06. The summed E-state index contributed by atoms with van der Waals surface area (Å²) in [7, 11) is 0. The molecule has 1 aromatic heterocycles. The van der Waals surface area contributed by atoms with Crippen LogP contribution >= 0.6 is 11.6 Å². The summed E-state index contributed by atoms with van der Waals surface area (Å²) >= 11 is 5.77. The minimum atomic E-state index is -0.716. The van der Waals surface area contributed by atoms with E-state index in [-0.39, 0.29) is 29.5 Å². The zero-order valence-electron chi connectivity index (χ0n) is 9.27. The van der Waals surface area contributed by atoms with E-state index in [1.54, 1.807) is 6.07 Å². The van der Waals surface area contributed by atoms with Gasteiger partial charge in [0.2, 0.25) is 11.8 Å². The van der Waals surface area contributed by atoms with Gasteiger partial charge >= 0.3 is 0 Å². The molecule has 1 saturated heterocycles. The molecule has 0 aromatic carbocycles. The molecule has 1 aliphatic rings. The first-order valence-electron chi connectivity index (χ1n) is 5.33. The van der Waals surface area contributed by atoms with Crippen LogP contribution in [0.2, 0.25) is 5.15 Å². The molecule has 0 saturated carbocycles. The van der Waals surface area contributed by atoms with Crippen molar-refractivity contribution < 1.29 is 14.4 Å². The number of halogens is 1. The van der Waals surface area contributed by atoms with Gasteiger partial charge < -0.3 is 5.32 Å². The van der Waals surface area contributed by atoms with Gasteiger partial charge in [-0.1, -0.05) is 11.6 Å². The lowest BCUT2D eigenvalue weighted by Crippen LogP contribution is -2.52. The van der Waals surface area contributed by atoms with E-state index in [1.165, 1.54) is 12.3 Å². The molecule has 7 heteroatoms. The van der Waals surface area contributed by atoms with Crippen LogP contribution in [0.5, 0.6) is 0 Å². The van der Waals surface area contributed by atoms with Crippen LogP contribution in [0, 0.1) is 0 Å². The Morgan fingerprint density at radius 3 is 2.94 bits per heavy atom. The van der Waals surface area contributed by atoms with Crippen LogP contribution < -0.4 is 10.6 Å². The Morgan fingerprint density at radius 2 is 2.28 bits per heavy atom. The number of nitrogens with one attached hydrogen (secondary N) is 2. The first kappa shape index (κ1) is 12.5. The van der Waals surface area contributed by atoms with E-state index in [0.717, 1.165) is 0 Å². The van der Waals surface area contributed by atoms with Crippen LogP contribution in [0.1, 0.15) is 23.2 Å². The number of aromatic nitrogens is 1.